The molecule has 1 aromatic rings. The summed E-state index contributed by atoms with van der Waals surface area (Å²) in [6, 6.07) is 11.6. The van der Waals surface area contributed by atoms with E-state index in [0.717, 1.165) is 11.9 Å². The second-order valence-electron chi connectivity index (χ2n) is 5.76. The predicted molar refractivity (Wildman–Crippen MR) is 86.1 cm³/mol. The zero-order valence-electron chi connectivity index (χ0n) is 12.1. The summed E-state index contributed by atoms with van der Waals surface area (Å²) in [5, 5.41) is 1.03. The molecule has 0 aliphatic carbocycles. The highest BCUT2D eigenvalue weighted by Gasteiger charge is 2.23. The van der Waals surface area contributed by atoms with E-state index in [1.165, 1.54) is 31.5 Å². The van der Waals surface area contributed by atoms with Crippen molar-refractivity contribution in [2.45, 2.75) is 24.8 Å². The number of hydrogen-bond acceptors (Lipinski definition) is 2. The third-order valence-corrected chi connectivity index (χ3v) is 4.97. The lowest BCUT2D eigenvalue weighted by Gasteiger charge is -2.37. The average molecular weight is 325 g/mol. The highest BCUT2D eigenvalue weighted by Crippen LogP contribution is 2.22. The first kappa shape index (κ1) is 15.0. The van der Waals surface area contributed by atoms with Gasteiger partial charge in [-0.15, -0.1) is 0 Å². The van der Waals surface area contributed by atoms with Crippen molar-refractivity contribution in [3.8, 4) is 0 Å². The van der Waals surface area contributed by atoms with E-state index in [-0.39, 0.29) is 0 Å². The van der Waals surface area contributed by atoms with Crippen molar-refractivity contribution in [1.29, 1.82) is 0 Å². The van der Waals surface area contributed by atoms with E-state index in [1.807, 2.05) is 0 Å². The summed E-state index contributed by atoms with van der Waals surface area (Å²) in [5.41, 5.74) is 1.44. The molecule has 0 N–H and O–H groups in total. The Labute approximate surface area is 125 Å². The summed E-state index contributed by atoms with van der Waals surface area (Å²) in [5.74, 6) is 0.582. The lowest BCUT2D eigenvalue weighted by Crippen LogP contribution is -2.46. The van der Waals surface area contributed by atoms with Crippen molar-refractivity contribution >= 4 is 15.9 Å². The molecule has 1 aromatic carbocycles. The van der Waals surface area contributed by atoms with Crippen molar-refractivity contribution in [3.63, 3.8) is 0 Å². The van der Waals surface area contributed by atoms with Gasteiger partial charge in [0, 0.05) is 30.4 Å². The van der Waals surface area contributed by atoms with E-state index >= 15 is 0 Å². The zero-order valence-corrected chi connectivity index (χ0v) is 13.6. The molecule has 0 bridgehead atoms. The lowest BCUT2D eigenvalue weighted by molar-refractivity contribution is 0.131. The van der Waals surface area contributed by atoms with Crippen molar-refractivity contribution in [2.75, 3.05) is 39.1 Å². The number of halogens is 1. The Kier molecular flexibility index (Phi) is 5.86. The Bertz CT molecular complexity index is 368. The second-order valence-corrected chi connectivity index (χ2v) is 6.41. The standard InChI is InChI=1S/C16H25BrN2/c1-18-10-6-9-16(13-18)19(2)12-15(11-17)14-7-4-3-5-8-14/h3-5,7-8,15-16H,6,9-13H2,1-2H3. The van der Waals surface area contributed by atoms with Gasteiger partial charge < -0.3 is 9.80 Å². The van der Waals surface area contributed by atoms with Crippen LogP contribution >= 0.6 is 15.9 Å². The van der Waals surface area contributed by atoms with Crippen LogP contribution in [0.3, 0.4) is 0 Å². The Balaban J connectivity index is 1.94. The Morgan fingerprint density at radius 1 is 1.37 bits per heavy atom. The maximum atomic E-state index is 3.68. The van der Waals surface area contributed by atoms with E-state index in [1.54, 1.807) is 0 Å². The molecule has 0 saturated carbocycles. The molecule has 106 valence electrons. The van der Waals surface area contributed by atoms with Gasteiger partial charge in [-0.1, -0.05) is 46.3 Å². The van der Waals surface area contributed by atoms with Gasteiger partial charge in [0.05, 0.1) is 0 Å². The molecular formula is C16H25BrN2. The van der Waals surface area contributed by atoms with Gasteiger partial charge >= 0.3 is 0 Å². The van der Waals surface area contributed by atoms with Crippen LogP contribution in [-0.2, 0) is 0 Å². The highest BCUT2D eigenvalue weighted by atomic mass is 79.9. The Morgan fingerprint density at radius 2 is 2.11 bits per heavy atom. The fraction of sp³-hybridized carbons (Fsp3) is 0.625. The molecule has 1 heterocycles. The summed E-state index contributed by atoms with van der Waals surface area (Å²) in [4.78, 5) is 5.00. The molecule has 0 aromatic heterocycles. The van der Waals surface area contributed by atoms with Crippen molar-refractivity contribution < 1.29 is 0 Å². The van der Waals surface area contributed by atoms with Crippen molar-refractivity contribution in [1.82, 2.24) is 9.80 Å². The smallest absolute Gasteiger partial charge is 0.0220 e. The minimum Gasteiger partial charge on any atom is -0.305 e. The summed E-state index contributed by atoms with van der Waals surface area (Å²) >= 11 is 3.68. The number of nitrogens with zero attached hydrogens (tertiary/aromatic N) is 2. The number of alkyl halides is 1. The average Bonchev–Trinajstić information content (AvgIpc) is 2.45. The summed E-state index contributed by atoms with van der Waals surface area (Å²) in [7, 11) is 4.52. The Hall–Kier alpha value is -0.380. The molecule has 19 heavy (non-hydrogen) atoms. The normalized spacial score (nSPS) is 22.6. The van der Waals surface area contributed by atoms with Crippen LogP contribution in [0.2, 0.25) is 0 Å². The van der Waals surface area contributed by atoms with E-state index < -0.39 is 0 Å². The van der Waals surface area contributed by atoms with Crippen molar-refractivity contribution in [2.24, 2.45) is 0 Å². The summed E-state index contributed by atoms with van der Waals surface area (Å²) < 4.78 is 0. The fourth-order valence-corrected chi connectivity index (χ4v) is 3.54. The number of piperidine rings is 1. The molecule has 2 atom stereocenters. The number of benzene rings is 1. The second kappa shape index (κ2) is 7.41. The van der Waals surface area contributed by atoms with E-state index in [0.29, 0.717) is 12.0 Å². The topological polar surface area (TPSA) is 6.48 Å². The van der Waals surface area contributed by atoms with Crippen LogP contribution in [0.1, 0.15) is 24.3 Å². The minimum absolute atomic E-state index is 0.582. The molecule has 2 nitrogen and oxygen atoms in total. The van der Waals surface area contributed by atoms with Crippen molar-refractivity contribution in [3.05, 3.63) is 35.9 Å². The largest absolute Gasteiger partial charge is 0.305 e. The van der Waals surface area contributed by atoms with Gasteiger partial charge in [0.1, 0.15) is 0 Å². The molecule has 2 rings (SSSR count). The van der Waals surface area contributed by atoms with E-state index in [9.17, 15) is 0 Å². The first-order valence-electron chi connectivity index (χ1n) is 7.20. The van der Waals surface area contributed by atoms with Gasteiger partial charge in [-0.25, -0.2) is 0 Å². The van der Waals surface area contributed by atoms with Crippen LogP contribution in [0.4, 0.5) is 0 Å². The quantitative estimate of drug-likeness (QED) is 0.767. The molecule has 3 heteroatoms. The van der Waals surface area contributed by atoms with Crippen LogP contribution in [0.25, 0.3) is 0 Å². The molecule has 2 unspecified atom stereocenters. The monoisotopic (exact) mass is 324 g/mol. The maximum Gasteiger partial charge on any atom is 0.0220 e. The highest BCUT2D eigenvalue weighted by molar-refractivity contribution is 9.09. The number of rotatable bonds is 5. The van der Waals surface area contributed by atoms with Gasteiger partial charge in [-0.3, -0.25) is 0 Å². The molecular weight excluding hydrogens is 300 g/mol. The van der Waals surface area contributed by atoms with Crippen LogP contribution in [-0.4, -0.2) is 54.9 Å². The molecule has 1 fully saturated rings. The molecule has 1 saturated heterocycles. The number of likely N-dealkylation sites (tertiary alicyclic amines) is 1. The Morgan fingerprint density at radius 3 is 2.74 bits per heavy atom. The van der Waals surface area contributed by atoms with E-state index in [4.69, 9.17) is 0 Å². The molecule has 1 aliphatic heterocycles. The van der Waals surface area contributed by atoms with Gasteiger partial charge in [-0.2, -0.15) is 0 Å². The third-order valence-electron chi connectivity index (χ3n) is 4.19. The predicted octanol–water partition coefficient (Wildman–Crippen LogP) is 3.19. The van der Waals surface area contributed by atoms with Gasteiger partial charge in [0.2, 0.25) is 0 Å². The first-order chi connectivity index (χ1) is 9.20. The van der Waals surface area contributed by atoms with Gasteiger partial charge in [0.25, 0.3) is 0 Å². The van der Waals surface area contributed by atoms with Gasteiger partial charge in [0.15, 0.2) is 0 Å². The zero-order chi connectivity index (χ0) is 13.7. The minimum atomic E-state index is 0.582. The molecule has 0 amide bonds. The number of hydrogen-bond donors (Lipinski definition) is 0. The molecule has 0 spiro atoms. The van der Waals surface area contributed by atoms with E-state index in [2.05, 4.69) is 70.2 Å². The maximum absolute atomic E-state index is 3.68. The summed E-state index contributed by atoms with van der Waals surface area (Å²) in [6.45, 7) is 3.60. The van der Waals surface area contributed by atoms with Crippen LogP contribution in [0.5, 0.6) is 0 Å². The first-order valence-corrected chi connectivity index (χ1v) is 8.32. The third kappa shape index (κ3) is 4.30. The van der Waals surface area contributed by atoms with Crippen LogP contribution in [0, 0.1) is 0 Å². The fourth-order valence-electron chi connectivity index (χ4n) is 2.96. The summed E-state index contributed by atoms with van der Waals surface area (Å²) in [6.07, 6.45) is 2.67. The SMILES string of the molecule is CN1CCCC(N(C)CC(CBr)c2ccccc2)C1. The molecule has 1 aliphatic rings. The lowest BCUT2D eigenvalue weighted by atomic mass is 9.98. The van der Waals surface area contributed by atoms with Crippen LogP contribution < -0.4 is 0 Å². The molecule has 0 radical (unpaired) electrons. The van der Waals surface area contributed by atoms with Crippen LogP contribution in [0.15, 0.2) is 30.3 Å². The number of likely N-dealkylation sites (N-methyl/N-ethyl adjacent to an activating group) is 2. The van der Waals surface area contributed by atoms with Gasteiger partial charge in [-0.05, 0) is 39.0 Å².